The average Bonchev–Trinajstić information content (AvgIpc) is 2.36. The van der Waals surface area contributed by atoms with Crippen LogP contribution in [0.5, 0.6) is 0 Å². The highest BCUT2D eigenvalue weighted by atomic mass is 32.2. The van der Waals surface area contributed by atoms with Gasteiger partial charge in [-0.1, -0.05) is 24.3 Å². The van der Waals surface area contributed by atoms with Crippen molar-refractivity contribution < 1.29 is 13.2 Å². The molecule has 5 heteroatoms. The third-order valence-electron chi connectivity index (χ3n) is 2.76. The monoisotopic (exact) mass is 285 g/mol. The first-order valence-corrected chi connectivity index (χ1v) is 8.62. The summed E-state index contributed by atoms with van der Waals surface area (Å²) in [6.45, 7) is 4.75. The van der Waals surface area contributed by atoms with E-state index in [0.717, 1.165) is 6.54 Å². The zero-order valence-corrected chi connectivity index (χ0v) is 12.5. The second-order valence-electron chi connectivity index (χ2n) is 4.57. The van der Waals surface area contributed by atoms with Crippen LogP contribution in [0.25, 0.3) is 0 Å². The molecule has 0 heterocycles. The summed E-state index contributed by atoms with van der Waals surface area (Å²) in [6, 6.07) is 8.13. The van der Waals surface area contributed by atoms with Crippen molar-refractivity contribution in [1.82, 2.24) is 5.32 Å². The number of benzene rings is 1. The Morgan fingerprint density at radius 3 is 2.53 bits per heavy atom. The Balaban J connectivity index is 2.36. The van der Waals surface area contributed by atoms with Gasteiger partial charge in [0.2, 0.25) is 0 Å². The Morgan fingerprint density at radius 2 is 1.89 bits per heavy atom. The molecular weight excluding hydrogens is 262 g/mol. The van der Waals surface area contributed by atoms with Crippen molar-refractivity contribution in [3.05, 3.63) is 35.4 Å². The van der Waals surface area contributed by atoms with Gasteiger partial charge in [-0.3, -0.25) is 0 Å². The highest BCUT2D eigenvalue weighted by molar-refractivity contribution is 7.90. The van der Waals surface area contributed by atoms with E-state index in [1.807, 2.05) is 19.1 Å². The molecular formula is C14H23NO3S. The van der Waals surface area contributed by atoms with E-state index in [1.165, 1.54) is 17.4 Å². The van der Waals surface area contributed by atoms with Crippen molar-refractivity contribution in [2.24, 2.45) is 0 Å². The van der Waals surface area contributed by atoms with Crippen molar-refractivity contribution in [1.29, 1.82) is 0 Å². The zero-order chi connectivity index (χ0) is 14.1. The summed E-state index contributed by atoms with van der Waals surface area (Å²) in [5.41, 5.74) is 2.38. The number of hydrogen-bond acceptors (Lipinski definition) is 4. The van der Waals surface area contributed by atoms with Crippen LogP contribution in [0.1, 0.15) is 24.5 Å². The van der Waals surface area contributed by atoms with Crippen LogP contribution in [0.4, 0.5) is 0 Å². The molecule has 0 aliphatic heterocycles. The highest BCUT2D eigenvalue weighted by Gasteiger charge is 2.03. The molecule has 0 fully saturated rings. The van der Waals surface area contributed by atoms with Crippen molar-refractivity contribution in [2.45, 2.75) is 26.5 Å². The third kappa shape index (κ3) is 7.30. The predicted octanol–water partition coefficient (Wildman–Crippen LogP) is 1.75. The van der Waals surface area contributed by atoms with E-state index in [4.69, 9.17) is 4.74 Å². The molecule has 1 rings (SSSR count). The molecule has 108 valence electrons. The molecule has 1 aromatic rings. The molecule has 0 radical (unpaired) electrons. The van der Waals surface area contributed by atoms with Gasteiger partial charge in [-0.2, -0.15) is 0 Å². The van der Waals surface area contributed by atoms with Gasteiger partial charge in [0.1, 0.15) is 9.84 Å². The fourth-order valence-electron chi connectivity index (χ4n) is 1.77. The Morgan fingerprint density at radius 1 is 1.21 bits per heavy atom. The van der Waals surface area contributed by atoms with Crippen molar-refractivity contribution >= 4 is 9.84 Å². The Hall–Kier alpha value is -0.910. The minimum absolute atomic E-state index is 0.237. The largest absolute Gasteiger partial charge is 0.377 e. The lowest BCUT2D eigenvalue weighted by molar-refractivity contribution is 0.133. The molecule has 19 heavy (non-hydrogen) atoms. The topological polar surface area (TPSA) is 55.4 Å². The molecule has 0 bridgehead atoms. The second-order valence-corrected chi connectivity index (χ2v) is 6.83. The standard InChI is InChI=1S/C14H23NO3S/c1-3-18-12-14-8-5-4-7-13(14)11-15-9-6-10-19(2,16)17/h4-5,7-8,15H,3,6,9-12H2,1-2H3. The van der Waals surface area contributed by atoms with Crippen molar-refractivity contribution in [3.63, 3.8) is 0 Å². The van der Waals surface area contributed by atoms with E-state index < -0.39 is 9.84 Å². The van der Waals surface area contributed by atoms with Crippen LogP contribution in [0.3, 0.4) is 0 Å². The number of ether oxygens (including phenoxy) is 1. The van der Waals surface area contributed by atoms with Crippen LogP contribution in [-0.4, -0.2) is 33.6 Å². The van der Waals surface area contributed by atoms with Gasteiger partial charge in [0.15, 0.2) is 0 Å². The highest BCUT2D eigenvalue weighted by Crippen LogP contribution is 2.09. The predicted molar refractivity (Wildman–Crippen MR) is 77.8 cm³/mol. The van der Waals surface area contributed by atoms with Gasteiger partial charge in [0.05, 0.1) is 12.4 Å². The summed E-state index contributed by atoms with van der Waals surface area (Å²) in [5.74, 6) is 0.237. The molecule has 0 aromatic heterocycles. The molecule has 0 unspecified atom stereocenters. The van der Waals surface area contributed by atoms with E-state index in [2.05, 4.69) is 17.4 Å². The van der Waals surface area contributed by atoms with E-state index in [1.54, 1.807) is 0 Å². The van der Waals surface area contributed by atoms with Crippen LogP contribution in [0.15, 0.2) is 24.3 Å². The first-order valence-electron chi connectivity index (χ1n) is 6.56. The summed E-state index contributed by atoms with van der Waals surface area (Å²) in [7, 11) is -2.85. The van der Waals surface area contributed by atoms with Gasteiger partial charge in [0, 0.05) is 19.4 Å². The lowest BCUT2D eigenvalue weighted by Gasteiger charge is -2.10. The SMILES string of the molecule is CCOCc1ccccc1CNCCCS(C)(=O)=O. The summed E-state index contributed by atoms with van der Waals surface area (Å²) < 4.78 is 27.4. The second kappa shape index (κ2) is 8.30. The van der Waals surface area contributed by atoms with E-state index in [9.17, 15) is 8.42 Å². The maximum Gasteiger partial charge on any atom is 0.147 e. The summed E-state index contributed by atoms with van der Waals surface area (Å²) in [6.07, 6.45) is 1.91. The number of nitrogens with one attached hydrogen (secondary N) is 1. The molecule has 1 aromatic carbocycles. The maximum atomic E-state index is 11.0. The van der Waals surface area contributed by atoms with Gasteiger partial charge in [-0.25, -0.2) is 8.42 Å². The van der Waals surface area contributed by atoms with Gasteiger partial charge < -0.3 is 10.1 Å². The van der Waals surface area contributed by atoms with Gasteiger partial charge in [-0.15, -0.1) is 0 Å². The summed E-state index contributed by atoms with van der Waals surface area (Å²) >= 11 is 0. The van der Waals surface area contributed by atoms with Crippen LogP contribution in [-0.2, 0) is 27.7 Å². The molecule has 0 saturated carbocycles. The van der Waals surface area contributed by atoms with Gasteiger partial charge >= 0.3 is 0 Å². The minimum atomic E-state index is -2.85. The first-order chi connectivity index (χ1) is 9.03. The zero-order valence-electron chi connectivity index (χ0n) is 11.7. The first kappa shape index (κ1) is 16.1. The van der Waals surface area contributed by atoms with Gasteiger partial charge in [0.25, 0.3) is 0 Å². The molecule has 0 atom stereocenters. The number of sulfone groups is 1. The molecule has 0 amide bonds. The van der Waals surface area contributed by atoms with Crippen LogP contribution < -0.4 is 5.32 Å². The number of hydrogen-bond donors (Lipinski definition) is 1. The Labute approximate surface area is 116 Å². The maximum absolute atomic E-state index is 11.0. The summed E-state index contributed by atoms with van der Waals surface area (Å²) in [4.78, 5) is 0. The van der Waals surface area contributed by atoms with Crippen molar-refractivity contribution in [2.75, 3.05) is 25.2 Å². The van der Waals surface area contributed by atoms with Gasteiger partial charge in [-0.05, 0) is 31.0 Å². The number of rotatable bonds is 9. The molecule has 0 aliphatic carbocycles. The third-order valence-corrected chi connectivity index (χ3v) is 3.79. The fourth-order valence-corrected chi connectivity index (χ4v) is 2.43. The molecule has 4 nitrogen and oxygen atoms in total. The van der Waals surface area contributed by atoms with Crippen molar-refractivity contribution in [3.8, 4) is 0 Å². The molecule has 0 saturated heterocycles. The van der Waals surface area contributed by atoms with E-state index >= 15 is 0 Å². The van der Waals surface area contributed by atoms with Crippen LogP contribution in [0.2, 0.25) is 0 Å². The molecule has 0 aliphatic rings. The molecule has 1 N–H and O–H groups in total. The quantitative estimate of drug-likeness (QED) is 0.702. The Bertz CT molecular complexity index is 471. The minimum Gasteiger partial charge on any atom is -0.377 e. The Kier molecular flexibility index (Phi) is 7.05. The van der Waals surface area contributed by atoms with Crippen LogP contribution in [0, 0.1) is 0 Å². The summed E-state index contributed by atoms with van der Waals surface area (Å²) in [5, 5.41) is 3.27. The smallest absolute Gasteiger partial charge is 0.147 e. The van der Waals surface area contributed by atoms with E-state index in [-0.39, 0.29) is 5.75 Å². The lowest BCUT2D eigenvalue weighted by atomic mass is 10.1. The fraction of sp³-hybridized carbons (Fsp3) is 0.571. The average molecular weight is 285 g/mol. The lowest BCUT2D eigenvalue weighted by Crippen LogP contribution is -2.18. The normalized spacial score (nSPS) is 11.7. The molecule has 0 spiro atoms. The van der Waals surface area contributed by atoms with E-state index in [0.29, 0.717) is 26.2 Å². The van der Waals surface area contributed by atoms with Crippen LogP contribution >= 0.6 is 0 Å².